The summed E-state index contributed by atoms with van der Waals surface area (Å²) >= 11 is 0. The van der Waals surface area contributed by atoms with Crippen molar-refractivity contribution in [3.8, 4) is 11.5 Å². The molecule has 206 valence electrons. The maximum Gasteiger partial charge on any atom is 0.150 e. The first-order chi connectivity index (χ1) is 20.1. The van der Waals surface area contributed by atoms with Crippen LogP contribution < -0.4 is 9.47 Å². The molecule has 0 unspecified atom stereocenters. The van der Waals surface area contributed by atoms with E-state index in [1.54, 1.807) is 14.2 Å². The Morgan fingerprint density at radius 3 is 1.73 bits per heavy atom. The number of H-pyrrole nitrogens is 2. The Morgan fingerprint density at radius 2 is 1.27 bits per heavy atom. The van der Waals surface area contributed by atoms with Crippen molar-refractivity contribution in [1.82, 2.24) is 9.97 Å². The van der Waals surface area contributed by atoms with E-state index < -0.39 is 0 Å². The van der Waals surface area contributed by atoms with Gasteiger partial charge in [-0.1, -0.05) is 24.3 Å². The molecule has 5 aromatic rings. The molecule has 2 aliphatic rings. The van der Waals surface area contributed by atoms with E-state index in [4.69, 9.17) is 19.5 Å². The highest BCUT2D eigenvalue weighted by molar-refractivity contribution is 6.09. The second-order valence-electron chi connectivity index (χ2n) is 10.8. The maximum atomic E-state index is 11.4. The van der Waals surface area contributed by atoms with Crippen LogP contribution in [-0.4, -0.2) is 55.0 Å². The van der Waals surface area contributed by atoms with Crippen molar-refractivity contribution in [3.63, 3.8) is 0 Å². The van der Waals surface area contributed by atoms with Gasteiger partial charge in [0.15, 0.2) is 0 Å². The van der Waals surface area contributed by atoms with Crippen molar-refractivity contribution in [3.05, 3.63) is 94.3 Å². The molecule has 2 aromatic heterocycles. The lowest BCUT2D eigenvalue weighted by atomic mass is 9.84. The second-order valence-corrected chi connectivity index (χ2v) is 10.8. The molecule has 0 radical (unpaired) electrons. The Kier molecular flexibility index (Phi) is 6.42. The van der Waals surface area contributed by atoms with Crippen molar-refractivity contribution >= 4 is 39.5 Å². The summed E-state index contributed by atoms with van der Waals surface area (Å²) in [4.78, 5) is 28.8. The van der Waals surface area contributed by atoms with Gasteiger partial charge in [-0.15, -0.1) is 0 Å². The van der Waals surface area contributed by atoms with Crippen LogP contribution in [-0.2, 0) is 12.8 Å². The van der Waals surface area contributed by atoms with Gasteiger partial charge in [0, 0.05) is 52.6 Å². The summed E-state index contributed by atoms with van der Waals surface area (Å²) in [5.74, 6) is 1.81. The molecule has 7 heteroatoms. The fraction of sp³-hybridized carbons (Fsp3) is 0.265. The van der Waals surface area contributed by atoms with Crippen LogP contribution in [0.1, 0.15) is 57.2 Å². The standard InChI is InChI=1S/C34H32N4O3/c1-40-23-7-9-25-27-11-13-35-31(33(27)37-29(25)17-23)15-22(21-5-3-20(19-39)4-6-21)16-32-34-28(12-14-36-32)26-10-8-24(41-2)18-30(26)38-34/h3-10,17-19,22,37-38H,11-16H2,1-2H3. The normalized spacial score (nSPS) is 14.5. The Bertz CT molecular complexity index is 1730. The fourth-order valence-corrected chi connectivity index (χ4v) is 6.45. The molecule has 0 saturated carbocycles. The summed E-state index contributed by atoms with van der Waals surface area (Å²) in [5, 5.41) is 2.46. The first-order valence-electron chi connectivity index (χ1n) is 14.1. The molecular formula is C34H32N4O3. The molecule has 0 bridgehead atoms. The van der Waals surface area contributed by atoms with Gasteiger partial charge in [0.05, 0.1) is 37.0 Å². The maximum absolute atomic E-state index is 11.4. The quantitative estimate of drug-likeness (QED) is 0.220. The van der Waals surface area contributed by atoms with E-state index in [0.717, 1.165) is 90.4 Å². The van der Waals surface area contributed by atoms with Gasteiger partial charge in [-0.3, -0.25) is 14.8 Å². The fourth-order valence-electron chi connectivity index (χ4n) is 6.45. The average molecular weight is 545 g/mol. The summed E-state index contributed by atoms with van der Waals surface area (Å²) in [7, 11) is 3.39. The van der Waals surface area contributed by atoms with Crippen LogP contribution in [0, 0.1) is 0 Å². The number of carbonyl (C=O) groups is 1. The topological polar surface area (TPSA) is 91.8 Å². The smallest absolute Gasteiger partial charge is 0.150 e. The van der Waals surface area contributed by atoms with E-state index in [9.17, 15) is 4.79 Å². The first kappa shape index (κ1) is 25.3. The Hall–Kier alpha value is -4.65. The summed E-state index contributed by atoms with van der Waals surface area (Å²) in [6.07, 6.45) is 4.25. The summed E-state index contributed by atoms with van der Waals surface area (Å²) in [6.45, 7) is 1.54. The Morgan fingerprint density at radius 1 is 0.756 bits per heavy atom. The first-order valence-corrected chi connectivity index (χ1v) is 14.1. The van der Waals surface area contributed by atoms with E-state index in [0.29, 0.717) is 5.56 Å². The molecule has 41 heavy (non-hydrogen) atoms. The van der Waals surface area contributed by atoms with Gasteiger partial charge in [-0.2, -0.15) is 0 Å². The van der Waals surface area contributed by atoms with Crippen LogP contribution in [0.25, 0.3) is 21.8 Å². The van der Waals surface area contributed by atoms with Crippen LogP contribution in [0.5, 0.6) is 11.5 Å². The predicted molar refractivity (Wildman–Crippen MR) is 164 cm³/mol. The number of hydrogen-bond acceptors (Lipinski definition) is 5. The summed E-state index contributed by atoms with van der Waals surface area (Å²) < 4.78 is 10.9. The molecular weight excluding hydrogens is 512 g/mol. The third-order valence-electron chi connectivity index (χ3n) is 8.56. The Labute approximate surface area is 238 Å². The largest absolute Gasteiger partial charge is 0.497 e. The van der Waals surface area contributed by atoms with E-state index >= 15 is 0 Å². The van der Waals surface area contributed by atoms with Gasteiger partial charge < -0.3 is 19.4 Å². The number of nitrogens with one attached hydrogen (secondary N) is 2. The molecule has 0 saturated heterocycles. The molecule has 0 fully saturated rings. The number of nitrogens with zero attached hydrogens (tertiary/aromatic N) is 2. The van der Waals surface area contributed by atoms with Crippen LogP contribution in [0.15, 0.2) is 70.6 Å². The minimum atomic E-state index is 0.131. The van der Waals surface area contributed by atoms with Crippen molar-refractivity contribution in [2.24, 2.45) is 9.98 Å². The van der Waals surface area contributed by atoms with Crippen molar-refractivity contribution in [2.45, 2.75) is 31.6 Å². The summed E-state index contributed by atoms with van der Waals surface area (Å²) in [6, 6.07) is 20.4. The monoisotopic (exact) mass is 544 g/mol. The molecule has 0 spiro atoms. The zero-order valence-corrected chi connectivity index (χ0v) is 23.3. The van der Waals surface area contributed by atoms with Gasteiger partial charge in [0.2, 0.25) is 0 Å². The number of aromatic amines is 2. The average Bonchev–Trinajstić information content (AvgIpc) is 3.59. The van der Waals surface area contributed by atoms with E-state index in [1.165, 1.54) is 27.5 Å². The summed E-state index contributed by atoms with van der Waals surface area (Å²) in [5.41, 5.74) is 11.1. The molecule has 0 aliphatic carbocycles. The van der Waals surface area contributed by atoms with Crippen LogP contribution in [0.3, 0.4) is 0 Å². The number of hydrogen-bond donors (Lipinski definition) is 2. The third-order valence-corrected chi connectivity index (χ3v) is 8.56. The second kappa shape index (κ2) is 10.4. The van der Waals surface area contributed by atoms with Crippen LogP contribution in [0.4, 0.5) is 0 Å². The van der Waals surface area contributed by atoms with Gasteiger partial charge in [0.25, 0.3) is 0 Å². The van der Waals surface area contributed by atoms with Crippen molar-refractivity contribution in [2.75, 3.05) is 27.3 Å². The highest BCUT2D eigenvalue weighted by atomic mass is 16.5. The minimum Gasteiger partial charge on any atom is -0.497 e. The molecule has 0 atom stereocenters. The van der Waals surface area contributed by atoms with E-state index in [1.807, 2.05) is 24.3 Å². The number of methoxy groups -OCH3 is 2. The molecule has 2 aliphatic heterocycles. The lowest BCUT2D eigenvalue weighted by molar-refractivity contribution is 0.112. The highest BCUT2D eigenvalue weighted by Crippen LogP contribution is 2.36. The predicted octanol–water partition coefficient (Wildman–Crippen LogP) is 6.43. The van der Waals surface area contributed by atoms with Crippen LogP contribution in [0.2, 0.25) is 0 Å². The molecule has 4 heterocycles. The number of benzene rings is 3. The zero-order chi connectivity index (χ0) is 27.9. The minimum absolute atomic E-state index is 0.131. The number of ether oxygens (including phenoxy) is 2. The van der Waals surface area contributed by atoms with E-state index in [2.05, 4.69) is 46.4 Å². The van der Waals surface area contributed by atoms with E-state index in [-0.39, 0.29) is 5.92 Å². The van der Waals surface area contributed by atoms with Crippen molar-refractivity contribution < 1.29 is 14.3 Å². The number of rotatable bonds is 8. The molecule has 0 amide bonds. The molecule has 7 rings (SSSR count). The lowest BCUT2D eigenvalue weighted by Crippen LogP contribution is -2.20. The number of fused-ring (bicyclic) bond motifs is 6. The number of aromatic nitrogens is 2. The lowest BCUT2D eigenvalue weighted by Gasteiger charge is -2.23. The Balaban J connectivity index is 1.26. The number of aliphatic imine (C=N–C) groups is 2. The molecule has 2 N–H and O–H groups in total. The van der Waals surface area contributed by atoms with Gasteiger partial charge >= 0.3 is 0 Å². The zero-order valence-electron chi connectivity index (χ0n) is 23.3. The van der Waals surface area contributed by atoms with Gasteiger partial charge in [-0.25, -0.2) is 0 Å². The molecule has 3 aromatic carbocycles. The number of carbonyl (C=O) groups excluding carboxylic acids is 1. The van der Waals surface area contributed by atoms with Gasteiger partial charge in [0.1, 0.15) is 17.8 Å². The highest BCUT2D eigenvalue weighted by Gasteiger charge is 2.27. The molecule has 7 nitrogen and oxygen atoms in total. The third kappa shape index (κ3) is 4.51. The van der Waals surface area contributed by atoms with Gasteiger partial charge in [-0.05, 0) is 72.6 Å². The van der Waals surface area contributed by atoms with Crippen molar-refractivity contribution in [1.29, 1.82) is 0 Å². The van der Waals surface area contributed by atoms with Crippen LogP contribution >= 0.6 is 0 Å². The number of aldehydes is 1. The SMILES string of the molecule is COc1ccc2c3c([nH]c2c1)C(CC(CC1=NCCc2c1[nH]c1cc(OC)ccc21)c1ccc(C=O)cc1)=NCC3.